The molecule has 2 rings (SSSR count). The SMILES string of the molecule is COc1ccc(NC(=O)CC(=O)N2CCC(C)CC2)cc1. The van der Waals surface area contributed by atoms with E-state index < -0.39 is 0 Å². The van der Waals surface area contributed by atoms with Crippen molar-refractivity contribution in [3.63, 3.8) is 0 Å². The molecule has 0 unspecified atom stereocenters. The van der Waals surface area contributed by atoms with Crippen molar-refractivity contribution in [2.45, 2.75) is 26.2 Å². The summed E-state index contributed by atoms with van der Waals surface area (Å²) in [6.45, 7) is 3.71. The van der Waals surface area contributed by atoms with Crippen molar-refractivity contribution in [3.8, 4) is 5.75 Å². The summed E-state index contributed by atoms with van der Waals surface area (Å²) in [7, 11) is 1.59. The third-order valence-electron chi connectivity index (χ3n) is 3.82. The van der Waals surface area contributed by atoms with Gasteiger partial charge in [-0.05, 0) is 43.0 Å². The molecule has 1 heterocycles. The van der Waals surface area contributed by atoms with Gasteiger partial charge in [-0.2, -0.15) is 0 Å². The van der Waals surface area contributed by atoms with Gasteiger partial charge in [-0.25, -0.2) is 0 Å². The first-order valence-corrected chi connectivity index (χ1v) is 7.30. The number of amides is 2. The quantitative estimate of drug-likeness (QED) is 0.866. The summed E-state index contributed by atoms with van der Waals surface area (Å²) in [6, 6.07) is 7.04. The Kier molecular flexibility index (Phi) is 5.20. The van der Waals surface area contributed by atoms with Crippen LogP contribution in [0.3, 0.4) is 0 Å². The van der Waals surface area contributed by atoms with E-state index in [2.05, 4.69) is 12.2 Å². The Labute approximate surface area is 125 Å². The summed E-state index contributed by atoms with van der Waals surface area (Å²) in [5, 5.41) is 2.73. The number of likely N-dealkylation sites (tertiary alicyclic amines) is 1. The smallest absolute Gasteiger partial charge is 0.233 e. The molecule has 0 radical (unpaired) electrons. The van der Waals surface area contributed by atoms with Crippen LogP contribution in [0, 0.1) is 5.92 Å². The van der Waals surface area contributed by atoms with Gasteiger partial charge in [0.05, 0.1) is 7.11 Å². The molecule has 1 N–H and O–H groups in total. The van der Waals surface area contributed by atoms with Gasteiger partial charge in [0.1, 0.15) is 12.2 Å². The average molecular weight is 290 g/mol. The summed E-state index contributed by atoms with van der Waals surface area (Å²) in [5.41, 5.74) is 0.667. The van der Waals surface area contributed by atoms with Gasteiger partial charge >= 0.3 is 0 Å². The Morgan fingerprint density at radius 1 is 1.24 bits per heavy atom. The van der Waals surface area contributed by atoms with Crippen LogP contribution in [0.5, 0.6) is 5.75 Å². The number of methoxy groups -OCH3 is 1. The number of carbonyl (C=O) groups excluding carboxylic acids is 2. The zero-order valence-electron chi connectivity index (χ0n) is 12.6. The van der Waals surface area contributed by atoms with Crippen LogP contribution in [-0.2, 0) is 9.59 Å². The minimum Gasteiger partial charge on any atom is -0.497 e. The van der Waals surface area contributed by atoms with Gasteiger partial charge in [0, 0.05) is 18.8 Å². The molecule has 1 aromatic rings. The molecule has 5 nitrogen and oxygen atoms in total. The van der Waals surface area contributed by atoms with Crippen LogP contribution < -0.4 is 10.1 Å². The van der Waals surface area contributed by atoms with Crippen molar-refractivity contribution >= 4 is 17.5 Å². The highest BCUT2D eigenvalue weighted by molar-refractivity contribution is 6.03. The second kappa shape index (κ2) is 7.11. The van der Waals surface area contributed by atoms with Crippen LogP contribution in [0.1, 0.15) is 26.2 Å². The molecule has 0 aromatic heterocycles. The monoisotopic (exact) mass is 290 g/mol. The minimum absolute atomic E-state index is 0.0899. The summed E-state index contributed by atoms with van der Waals surface area (Å²) >= 11 is 0. The van der Waals surface area contributed by atoms with Gasteiger partial charge in [-0.15, -0.1) is 0 Å². The predicted molar refractivity (Wildman–Crippen MR) is 81.2 cm³/mol. The van der Waals surface area contributed by atoms with Crippen LogP contribution in [-0.4, -0.2) is 36.9 Å². The van der Waals surface area contributed by atoms with E-state index in [1.165, 1.54) is 0 Å². The molecule has 1 aromatic carbocycles. The number of piperidine rings is 1. The molecule has 21 heavy (non-hydrogen) atoms. The summed E-state index contributed by atoms with van der Waals surface area (Å²) in [5.74, 6) is 1.03. The van der Waals surface area contributed by atoms with E-state index in [0.717, 1.165) is 31.7 Å². The fraction of sp³-hybridized carbons (Fsp3) is 0.500. The highest BCUT2D eigenvalue weighted by Gasteiger charge is 2.22. The number of hydrogen-bond donors (Lipinski definition) is 1. The molecule has 0 atom stereocenters. The van der Waals surface area contributed by atoms with E-state index in [-0.39, 0.29) is 18.2 Å². The van der Waals surface area contributed by atoms with Gasteiger partial charge in [0.2, 0.25) is 11.8 Å². The standard InChI is InChI=1S/C16H22N2O3/c1-12-7-9-18(10-8-12)16(20)11-15(19)17-13-3-5-14(21-2)6-4-13/h3-6,12H,7-11H2,1-2H3,(H,17,19). The maximum Gasteiger partial charge on any atom is 0.233 e. The lowest BCUT2D eigenvalue weighted by Gasteiger charge is -2.30. The van der Waals surface area contributed by atoms with E-state index in [4.69, 9.17) is 4.74 Å². The lowest BCUT2D eigenvalue weighted by molar-refractivity contribution is -0.135. The summed E-state index contributed by atoms with van der Waals surface area (Å²) < 4.78 is 5.05. The number of ether oxygens (including phenoxy) is 1. The van der Waals surface area contributed by atoms with E-state index >= 15 is 0 Å². The molecule has 2 amide bonds. The molecule has 0 aliphatic carbocycles. The first-order chi connectivity index (χ1) is 10.1. The van der Waals surface area contributed by atoms with Crippen molar-refractivity contribution in [1.82, 2.24) is 4.90 Å². The Morgan fingerprint density at radius 2 is 1.86 bits per heavy atom. The average Bonchev–Trinajstić information content (AvgIpc) is 2.48. The first kappa shape index (κ1) is 15.4. The van der Waals surface area contributed by atoms with Gasteiger partial charge in [0.25, 0.3) is 0 Å². The molecular formula is C16H22N2O3. The number of rotatable bonds is 4. The third-order valence-corrected chi connectivity index (χ3v) is 3.82. The highest BCUT2D eigenvalue weighted by Crippen LogP contribution is 2.17. The Hall–Kier alpha value is -2.04. The molecule has 0 spiro atoms. The predicted octanol–water partition coefficient (Wildman–Crippen LogP) is 2.28. The van der Waals surface area contributed by atoms with Crippen LogP contribution in [0.25, 0.3) is 0 Å². The van der Waals surface area contributed by atoms with Crippen molar-refractivity contribution < 1.29 is 14.3 Å². The largest absolute Gasteiger partial charge is 0.497 e. The molecule has 5 heteroatoms. The van der Waals surface area contributed by atoms with E-state index in [0.29, 0.717) is 11.6 Å². The third kappa shape index (κ3) is 4.48. The normalized spacial score (nSPS) is 15.6. The lowest BCUT2D eigenvalue weighted by atomic mass is 9.99. The first-order valence-electron chi connectivity index (χ1n) is 7.30. The van der Waals surface area contributed by atoms with Crippen LogP contribution >= 0.6 is 0 Å². The number of nitrogens with one attached hydrogen (secondary N) is 1. The zero-order chi connectivity index (χ0) is 15.2. The lowest BCUT2D eigenvalue weighted by Crippen LogP contribution is -2.39. The molecule has 0 saturated carbocycles. The minimum atomic E-state index is -0.274. The molecule has 1 fully saturated rings. The van der Waals surface area contributed by atoms with Crippen LogP contribution in [0.2, 0.25) is 0 Å². The zero-order valence-corrected chi connectivity index (χ0v) is 12.6. The number of hydrogen-bond acceptors (Lipinski definition) is 3. The van der Waals surface area contributed by atoms with Gasteiger partial charge < -0.3 is 15.0 Å². The second-order valence-electron chi connectivity index (χ2n) is 5.52. The Morgan fingerprint density at radius 3 is 2.43 bits per heavy atom. The van der Waals surface area contributed by atoms with Gasteiger partial charge in [-0.1, -0.05) is 6.92 Å². The van der Waals surface area contributed by atoms with Crippen molar-refractivity contribution in [1.29, 1.82) is 0 Å². The van der Waals surface area contributed by atoms with Gasteiger partial charge in [-0.3, -0.25) is 9.59 Å². The number of benzene rings is 1. The fourth-order valence-corrected chi connectivity index (χ4v) is 2.39. The van der Waals surface area contributed by atoms with E-state index in [9.17, 15) is 9.59 Å². The topological polar surface area (TPSA) is 58.6 Å². The maximum atomic E-state index is 12.1. The Balaban J connectivity index is 1.81. The van der Waals surface area contributed by atoms with E-state index in [1.54, 1.807) is 36.3 Å². The van der Waals surface area contributed by atoms with Crippen molar-refractivity contribution in [2.24, 2.45) is 5.92 Å². The van der Waals surface area contributed by atoms with Gasteiger partial charge in [0.15, 0.2) is 0 Å². The highest BCUT2D eigenvalue weighted by atomic mass is 16.5. The summed E-state index contributed by atoms with van der Waals surface area (Å²) in [4.78, 5) is 25.7. The van der Waals surface area contributed by atoms with Crippen LogP contribution in [0.15, 0.2) is 24.3 Å². The maximum absolute atomic E-state index is 12.1. The second-order valence-corrected chi connectivity index (χ2v) is 5.52. The van der Waals surface area contributed by atoms with Crippen LogP contribution in [0.4, 0.5) is 5.69 Å². The van der Waals surface area contributed by atoms with Crippen molar-refractivity contribution in [3.05, 3.63) is 24.3 Å². The van der Waals surface area contributed by atoms with E-state index in [1.807, 2.05) is 0 Å². The molecule has 1 aliphatic heterocycles. The molecule has 114 valence electrons. The number of carbonyl (C=O) groups is 2. The molecule has 1 aliphatic rings. The van der Waals surface area contributed by atoms with Crippen molar-refractivity contribution in [2.75, 3.05) is 25.5 Å². The molecule has 1 saturated heterocycles. The Bertz CT molecular complexity index is 491. The molecule has 0 bridgehead atoms. The fourth-order valence-electron chi connectivity index (χ4n) is 2.39. The molecular weight excluding hydrogens is 268 g/mol. The summed E-state index contributed by atoms with van der Waals surface area (Å²) in [6.07, 6.45) is 1.94. The number of nitrogens with zero attached hydrogens (tertiary/aromatic N) is 1. The number of anilines is 1.